The summed E-state index contributed by atoms with van der Waals surface area (Å²) in [4.78, 5) is 24.5. The molecule has 2 rings (SSSR count). The van der Waals surface area contributed by atoms with Crippen LogP contribution in [0.25, 0.3) is 0 Å². The molecule has 6 nitrogen and oxygen atoms in total. The van der Waals surface area contributed by atoms with Gasteiger partial charge in [-0.25, -0.2) is 4.79 Å². The van der Waals surface area contributed by atoms with Gasteiger partial charge in [0.25, 0.3) is 5.78 Å². The van der Waals surface area contributed by atoms with Crippen molar-refractivity contribution in [3.63, 3.8) is 0 Å². The standard InChI is InChI=1S/C15H19NO5/c1-16-7-5-11(6-8-16)21-13-9-10(14(17)15(18)19)3-4-12(13)20-2/h3-4,9,11H,5-8H2,1-2H3,(H,18,19). The van der Waals surface area contributed by atoms with Gasteiger partial charge in [-0.2, -0.15) is 0 Å². The predicted octanol–water partition coefficient (Wildman–Crippen LogP) is 1.44. The van der Waals surface area contributed by atoms with Crippen molar-refractivity contribution in [1.82, 2.24) is 4.90 Å². The molecule has 0 unspecified atom stereocenters. The number of methoxy groups -OCH3 is 1. The molecule has 1 fully saturated rings. The number of hydrogen-bond donors (Lipinski definition) is 1. The molecule has 6 heteroatoms. The summed E-state index contributed by atoms with van der Waals surface area (Å²) in [6.07, 6.45) is 1.82. The van der Waals surface area contributed by atoms with Gasteiger partial charge in [-0.15, -0.1) is 0 Å². The van der Waals surface area contributed by atoms with E-state index in [1.54, 1.807) is 6.07 Å². The Kier molecular flexibility index (Phi) is 4.80. The van der Waals surface area contributed by atoms with Gasteiger partial charge in [0.1, 0.15) is 6.10 Å². The highest BCUT2D eigenvalue weighted by molar-refractivity contribution is 6.39. The van der Waals surface area contributed by atoms with Crippen LogP contribution >= 0.6 is 0 Å². The summed E-state index contributed by atoms with van der Waals surface area (Å²) >= 11 is 0. The molecule has 0 spiro atoms. The van der Waals surface area contributed by atoms with Crippen LogP contribution < -0.4 is 9.47 Å². The summed E-state index contributed by atoms with van der Waals surface area (Å²) in [7, 11) is 3.57. The Hall–Kier alpha value is -2.08. The van der Waals surface area contributed by atoms with Gasteiger partial charge in [-0.05, 0) is 38.1 Å². The number of carbonyl (C=O) groups excluding carboxylic acids is 1. The monoisotopic (exact) mass is 293 g/mol. The molecular weight excluding hydrogens is 274 g/mol. The molecule has 0 radical (unpaired) electrons. The average molecular weight is 293 g/mol. The van der Waals surface area contributed by atoms with E-state index in [4.69, 9.17) is 14.6 Å². The van der Waals surface area contributed by atoms with Gasteiger partial charge in [0.15, 0.2) is 11.5 Å². The fraction of sp³-hybridized carbons (Fsp3) is 0.467. The maximum Gasteiger partial charge on any atom is 0.377 e. The second kappa shape index (κ2) is 6.58. The Labute approximate surface area is 123 Å². The highest BCUT2D eigenvalue weighted by Gasteiger charge is 2.21. The molecule has 1 N–H and O–H groups in total. The van der Waals surface area contributed by atoms with Crippen molar-refractivity contribution in [3.8, 4) is 11.5 Å². The number of likely N-dealkylation sites (tertiary alicyclic amines) is 1. The van der Waals surface area contributed by atoms with Gasteiger partial charge in [-0.3, -0.25) is 4.79 Å². The third-order valence-corrected chi connectivity index (χ3v) is 3.58. The van der Waals surface area contributed by atoms with Gasteiger partial charge < -0.3 is 19.5 Å². The Morgan fingerprint density at radius 1 is 1.24 bits per heavy atom. The first-order valence-electron chi connectivity index (χ1n) is 6.82. The van der Waals surface area contributed by atoms with E-state index >= 15 is 0 Å². The normalized spacial score (nSPS) is 16.5. The lowest BCUT2D eigenvalue weighted by Crippen LogP contribution is -2.35. The number of ketones is 1. The van der Waals surface area contributed by atoms with Crippen molar-refractivity contribution in [3.05, 3.63) is 23.8 Å². The number of carbonyl (C=O) groups is 2. The summed E-state index contributed by atoms with van der Waals surface area (Å²) in [6.45, 7) is 1.89. The molecule has 21 heavy (non-hydrogen) atoms. The summed E-state index contributed by atoms with van der Waals surface area (Å²) in [5, 5.41) is 8.78. The minimum absolute atomic E-state index is 0.0466. The molecular formula is C15H19NO5. The lowest BCUT2D eigenvalue weighted by atomic mass is 10.1. The van der Waals surface area contributed by atoms with E-state index in [1.807, 2.05) is 0 Å². The molecule has 1 aromatic carbocycles. The first-order chi connectivity index (χ1) is 10.0. The first kappa shape index (κ1) is 15.3. The molecule has 1 aliphatic rings. The highest BCUT2D eigenvalue weighted by atomic mass is 16.5. The van der Waals surface area contributed by atoms with E-state index in [1.165, 1.54) is 19.2 Å². The van der Waals surface area contributed by atoms with E-state index in [0.717, 1.165) is 25.9 Å². The number of nitrogens with zero attached hydrogens (tertiary/aromatic N) is 1. The van der Waals surface area contributed by atoms with Gasteiger partial charge in [0, 0.05) is 18.7 Å². The van der Waals surface area contributed by atoms with Crippen LogP contribution in [0, 0.1) is 0 Å². The van der Waals surface area contributed by atoms with Gasteiger partial charge in [0.05, 0.1) is 7.11 Å². The lowest BCUT2D eigenvalue weighted by molar-refractivity contribution is -0.131. The van der Waals surface area contributed by atoms with Crippen molar-refractivity contribution < 1.29 is 24.2 Å². The quantitative estimate of drug-likeness (QED) is 0.654. The van der Waals surface area contributed by atoms with E-state index in [2.05, 4.69) is 11.9 Å². The number of Topliss-reactive ketones (excluding diaryl/α,β-unsaturated/α-hetero) is 1. The van der Waals surface area contributed by atoms with Crippen LogP contribution in [0.1, 0.15) is 23.2 Å². The fourth-order valence-corrected chi connectivity index (χ4v) is 2.32. The third-order valence-electron chi connectivity index (χ3n) is 3.58. The summed E-state index contributed by atoms with van der Waals surface area (Å²) in [5.74, 6) is -1.52. The number of rotatable bonds is 5. The molecule has 0 bridgehead atoms. The predicted molar refractivity (Wildman–Crippen MR) is 76.1 cm³/mol. The molecule has 1 saturated heterocycles. The Bertz CT molecular complexity index is 535. The molecule has 1 heterocycles. The second-order valence-electron chi connectivity index (χ2n) is 5.12. The zero-order chi connectivity index (χ0) is 15.4. The summed E-state index contributed by atoms with van der Waals surface area (Å²) in [6, 6.07) is 4.42. The Morgan fingerprint density at radius 2 is 1.90 bits per heavy atom. The average Bonchev–Trinajstić information content (AvgIpc) is 2.48. The molecule has 114 valence electrons. The minimum atomic E-state index is -1.48. The molecule has 0 aliphatic carbocycles. The molecule has 1 aliphatic heterocycles. The van der Waals surface area contributed by atoms with E-state index in [0.29, 0.717) is 11.5 Å². The van der Waals surface area contributed by atoms with Crippen molar-refractivity contribution in [2.24, 2.45) is 0 Å². The molecule has 0 amide bonds. The van der Waals surface area contributed by atoms with Gasteiger partial charge in [0.2, 0.25) is 0 Å². The van der Waals surface area contributed by atoms with Crippen molar-refractivity contribution in [2.45, 2.75) is 18.9 Å². The summed E-state index contributed by atoms with van der Waals surface area (Å²) < 4.78 is 11.1. The number of benzene rings is 1. The maximum absolute atomic E-state index is 11.5. The minimum Gasteiger partial charge on any atom is -0.493 e. The van der Waals surface area contributed by atoms with Gasteiger partial charge >= 0.3 is 5.97 Å². The highest BCUT2D eigenvalue weighted by Crippen LogP contribution is 2.30. The maximum atomic E-state index is 11.5. The van der Waals surface area contributed by atoms with E-state index in [9.17, 15) is 9.59 Å². The lowest BCUT2D eigenvalue weighted by Gasteiger charge is -2.29. The van der Waals surface area contributed by atoms with Crippen LogP contribution in [0.5, 0.6) is 11.5 Å². The number of ether oxygens (including phenoxy) is 2. The first-order valence-corrected chi connectivity index (χ1v) is 6.82. The largest absolute Gasteiger partial charge is 0.493 e. The number of hydrogen-bond acceptors (Lipinski definition) is 5. The van der Waals surface area contributed by atoms with Crippen molar-refractivity contribution >= 4 is 11.8 Å². The molecule has 0 aromatic heterocycles. The van der Waals surface area contributed by atoms with Crippen LogP contribution in [0.15, 0.2) is 18.2 Å². The zero-order valence-electron chi connectivity index (χ0n) is 12.2. The summed E-state index contributed by atoms with van der Waals surface area (Å²) in [5.41, 5.74) is 0.0891. The molecule has 0 saturated carbocycles. The topological polar surface area (TPSA) is 76.1 Å². The third kappa shape index (κ3) is 3.72. The van der Waals surface area contributed by atoms with Crippen LogP contribution in [0.4, 0.5) is 0 Å². The number of piperidine rings is 1. The molecule has 0 atom stereocenters. The van der Waals surface area contributed by atoms with Crippen molar-refractivity contribution in [2.75, 3.05) is 27.2 Å². The van der Waals surface area contributed by atoms with Crippen LogP contribution in [0.3, 0.4) is 0 Å². The zero-order valence-corrected chi connectivity index (χ0v) is 12.2. The van der Waals surface area contributed by atoms with E-state index < -0.39 is 11.8 Å². The SMILES string of the molecule is COc1ccc(C(=O)C(=O)O)cc1OC1CCN(C)CC1. The van der Waals surface area contributed by atoms with Crippen LogP contribution in [0.2, 0.25) is 0 Å². The van der Waals surface area contributed by atoms with E-state index in [-0.39, 0.29) is 11.7 Å². The fourth-order valence-electron chi connectivity index (χ4n) is 2.32. The Balaban J connectivity index is 2.18. The van der Waals surface area contributed by atoms with Crippen LogP contribution in [-0.2, 0) is 4.79 Å². The number of carboxylic acid groups (broad SMARTS) is 1. The second-order valence-corrected chi connectivity index (χ2v) is 5.12. The van der Waals surface area contributed by atoms with Crippen LogP contribution in [-0.4, -0.2) is 55.1 Å². The number of carboxylic acids is 1. The Morgan fingerprint density at radius 3 is 2.48 bits per heavy atom. The van der Waals surface area contributed by atoms with Crippen molar-refractivity contribution in [1.29, 1.82) is 0 Å². The molecule has 1 aromatic rings. The number of aliphatic carboxylic acids is 1. The smallest absolute Gasteiger partial charge is 0.377 e. The van der Waals surface area contributed by atoms with Gasteiger partial charge in [-0.1, -0.05) is 0 Å².